The van der Waals surface area contributed by atoms with Gasteiger partial charge in [0, 0.05) is 42.8 Å². The molecule has 0 amide bonds. The van der Waals surface area contributed by atoms with Crippen LogP contribution in [0.4, 0.5) is 0 Å². The number of terminal acetylenes is 1. The molecule has 24 atom stereocenters. The minimum Gasteiger partial charge on any atom is -0.497 e. The number of aliphatic hydroxyl groups is 3. The Morgan fingerprint density at radius 3 is 1.01 bits per heavy atom. The van der Waals surface area contributed by atoms with Crippen LogP contribution in [-0.4, -0.2) is 162 Å². The number of methoxy groups -OCH3 is 1. The SMILES string of the molecule is C#C[C@@H](C)C(C)C.CC(C)[C@H](C)/C=C\C(C)[C@H]1OC(C)(C)O[C@H]1CCO.CC(C)[C@H](C)C=C(Br)Br.CCC[C@@H]1OC(C)(C)O[C@@H]1C(C)/C=C\[C@@H](C)C(C)C.CCC[C@@H]1OC(C)(C)O[C@@H]1C(C)/C=C\[C@@H](C)C(C)C.CCC[C@@H]1OC(C)(C)O[C@@H]1C(O)/C=C\[C@@H](C)C(C)C.CCC[C@@H]1OC(C)(C)O[C@@H]1C=O.COc1ccc(COCC[C@@H]2OC(C)(C)O[C@@H]2C(O)C#C[C@@H](C)C(C)C)cc1. The topological polar surface area (TPSA) is 207 Å². The van der Waals surface area contributed by atoms with Gasteiger partial charge in [0.05, 0.1) is 72.0 Å². The van der Waals surface area contributed by atoms with Gasteiger partial charge in [0.1, 0.15) is 36.3 Å². The van der Waals surface area contributed by atoms with E-state index in [0.717, 1.165) is 78.3 Å². The van der Waals surface area contributed by atoms with Crippen molar-refractivity contribution in [3.63, 3.8) is 0 Å². The third-order valence-corrected chi connectivity index (χ3v) is 26.0. The van der Waals surface area contributed by atoms with Gasteiger partial charge in [0.15, 0.2) is 41.0 Å². The fourth-order valence-electron chi connectivity index (χ4n) is 14.6. The first-order valence-corrected chi connectivity index (χ1v) is 52.2. The number of aliphatic hydroxyl groups excluding tert-OH is 3. The van der Waals surface area contributed by atoms with E-state index in [9.17, 15) is 15.0 Å². The Kier molecular flexibility index (Phi) is 62.8. The summed E-state index contributed by atoms with van der Waals surface area (Å²) in [4.78, 5) is 10.6. The van der Waals surface area contributed by atoms with Gasteiger partial charge in [0.2, 0.25) is 0 Å². The molecule has 18 nitrogen and oxygen atoms in total. The highest BCUT2D eigenvalue weighted by molar-refractivity contribution is 9.28. The number of allylic oxidation sites excluding steroid dienone is 5. The number of benzene rings is 1. The number of hydrogen-bond acceptors (Lipinski definition) is 18. The molecule has 0 aromatic heterocycles. The van der Waals surface area contributed by atoms with E-state index in [4.69, 9.17) is 77.8 Å². The number of carbonyl (C=O) groups excluding carboxylic acids is 1. The largest absolute Gasteiger partial charge is 0.497 e. The summed E-state index contributed by atoms with van der Waals surface area (Å²) in [7, 11) is 1.65. The van der Waals surface area contributed by atoms with Crippen molar-refractivity contribution in [1.82, 2.24) is 0 Å². The predicted octanol–water partition coefficient (Wildman–Crippen LogP) is 27.6. The molecule has 6 fully saturated rings. The number of rotatable bonds is 38. The summed E-state index contributed by atoms with van der Waals surface area (Å²) in [6, 6.07) is 7.79. The monoisotopic (exact) mass is 1990 g/mol. The zero-order valence-electron chi connectivity index (χ0n) is 91.0. The van der Waals surface area contributed by atoms with Crippen molar-refractivity contribution in [3.05, 3.63) is 87.9 Å². The summed E-state index contributed by atoms with van der Waals surface area (Å²) in [5.41, 5.74) is 1.08. The van der Waals surface area contributed by atoms with Crippen LogP contribution in [0.5, 0.6) is 5.75 Å². The molecular formula is C112H198Br2O18. The Bertz CT molecular complexity index is 3220. The highest BCUT2D eigenvalue weighted by Gasteiger charge is 2.48. The Balaban J connectivity index is 0.00000153. The summed E-state index contributed by atoms with van der Waals surface area (Å²) in [6.45, 7) is 85.5. The Morgan fingerprint density at radius 1 is 0.394 bits per heavy atom. The molecule has 5 unspecified atom stereocenters. The molecule has 6 heterocycles. The van der Waals surface area contributed by atoms with Crippen LogP contribution in [0.1, 0.15) is 347 Å². The number of carbonyl (C=O) groups is 1. The maximum Gasteiger partial charge on any atom is 0.164 e. The Morgan fingerprint density at radius 2 is 0.705 bits per heavy atom. The van der Waals surface area contributed by atoms with Crippen molar-refractivity contribution >= 4 is 38.1 Å². The van der Waals surface area contributed by atoms with Crippen molar-refractivity contribution in [2.24, 2.45) is 101 Å². The molecule has 1 aromatic carbocycles. The summed E-state index contributed by atoms with van der Waals surface area (Å²) in [5, 5.41) is 30.0. The van der Waals surface area contributed by atoms with Crippen molar-refractivity contribution in [2.45, 2.75) is 468 Å². The molecule has 0 saturated carbocycles. The number of aldehydes is 1. The van der Waals surface area contributed by atoms with E-state index in [2.05, 4.69) is 292 Å². The van der Waals surface area contributed by atoms with Gasteiger partial charge in [-0.2, -0.15) is 0 Å². The Hall–Kier alpha value is -3.17. The normalized spacial score (nSPS) is 26.9. The van der Waals surface area contributed by atoms with Gasteiger partial charge in [-0.3, -0.25) is 0 Å². The predicted molar refractivity (Wildman–Crippen MR) is 554 cm³/mol. The van der Waals surface area contributed by atoms with Gasteiger partial charge in [0.25, 0.3) is 0 Å². The molecule has 6 aliphatic rings. The third kappa shape index (κ3) is 52.4. The van der Waals surface area contributed by atoms with E-state index in [0.29, 0.717) is 115 Å². The van der Waals surface area contributed by atoms with E-state index in [1.807, 2.05) is 113 Å². The molecule has 768 valence electrons. The lowest BCUT2D eigenvalue weighted by Crippen LogP contribution is -2.35. The molecule has 1 aromatic rings. The van der Waals surface area contributed by atoms with E-state index < -0.39 is 53.0 Å². The maximum absolute atomic E-state index is 10.6. The first-order chi connectivity index (χ1) is 61.1. The molecule has 0 bridgehead atoms. The molecule has 6 saturated heterocycles. The molecule has 7 rings (SSSR count). The highest BCUT2D eigenvalue weighted by atomic mass is 79.9. The average Bonchev–Trinajstić information content (AvgIpc) is 1.70. The lowest BCUT2D eigenvalue weighted by atomic mass is 9.92. The van der Waals surface area contributed by atoms with E-state index >= 15 is 0 Å². The van der Waals surface area contributed by atoms with Crippen molar-refractivity contribution < 1.29 is 86.4 Å². The van der Waals surface area contributed by atoms with Gasteiger partial charge in [-0.25, -0.2) is 0 Å². The quantitative estimate of drug-likeness (QED) is 0.0243. The molecular weight excluding hydrogens is 1790 g/mol. The van der Waals surface area contributed by atoms with Crippen molar-refractivity contribution in [3.8, 4) is 29.9 Å². The lowest BCUT2D eigenvalue weighted by molar-refractivity contribution is -0.153. The molecule has 0 radical (unpaired) electrons. The third-order valence-electron chi connectivity index (χ3n) is 25.5. The second-order valence-electron chi connectivity index (χ2n) is 42.9. The van der Waals surface area contributed by atoms with Gasteiger partial charge in [-0.05, 0) is 242 Å². The minimum absolute atomic E-state index is 0.0194. The van der Waals surface area contributed by atoms with Crippen molar-refractivity contribution in [2.75, 3.05) is 20.3 Å². The van der Waals surface area contributed by atoms with Crippen LogP contribution < -0.4 is 4.74 Å². The van der Waals surface area contributed by atoms with Crippen LogP contribution in [-0.2, 0) is 73.0 Å². The van der Waals surface area contributed by atoms with Crippen LogP contribution in [0, 0.1) is 125 Å². The molecule has 20 heteroatoms. The molecule has 3 N–H and O–H groups in total. The molecule has 6 aliphatic heterocycles. The van der Waals surface area contributed by atoms with Crippen LogP contribution in [0.3, 0.4) is 0 Å². The van der Waals surface area contributed by atoms with E-state index in [-0.39, 0.29) is 79.7 Å². The van der Waals surface area contributed by atoms with Crippen LogP contribution in [0.25, 0.3) is 0 Å². The summed E-state index contributed by atoms with van der Waals surface area (Å²) in [6.07, 6.45) is 33.2. The average molecular weight is 1990 g/mol. The standard InChI is InChI=1S/C23H34O5.2C17H32O2.2C16H30O3.C9H16O3.C7H12Br2.C7H12/c1-16(2)17(3)7-12-20(24)22-21(27-23(4,5)28-22)13-14-26-15-18-8-10-19(25-6)11-9-18;2*1-8-9-15-16(19-17(6,7)18-15)14(5)11-10-13(4)12(2)3;1-11(2)12(3)7-8-13(4)15-14(9-10-17)18-16(5,6)19-15;1-7-8-14-15(19-16(5,6)18-14)13(17)10-9-12(4)11(2)3;1-4-5-7-8(6-10)12-9(2,3)11-7;1-5(2)6(3)4-7(8)9;1-5-7(4)6(2)3/h8-11,16-17,20-22,24H,13-15H2,1-6H3;2*10-16H,8-9H2,1-7H3;7-8,11-15,17H,9-10H2,1-6H3;9-15,17H,7-8H2,1-6H3;6-8H,4-5H2,1-3H3;4-6H,1-3H3;1,6-7H,2-4H3/b;2*11-10-;8-7-;10-9-;;;/t17-,20?,21+,22-;2*13-,14?,15+,16-;2*12-,13?,14+,15-;7-,8+;6-;7-/m11111011/s1. The molecule has 0 aliphatic carbocycles. The van der Waals surface area contributed by atoms with Crippen LogP contribution >= 0.6 is 31.9 Å². The van der Waals surface area contributed by atoms with Gasteiger partial charge >= 0.3 is 0 Å². The summed E-state index contributed by atoms with van der Waals surface area (Å²) >= 11 is 6.64. The molecule has 0 spiro atoms. The fraction of sp³-hybridized carbons (Fsp3) is 0.812. The van der Waals surface area contributed by atoms with Gasteiger partial charge in [-0.15, -0.1) is 12.3 Å². The fourth-order valence-corrected chi connectivity index (χ4v) is 15.5. The number of hydrogen-bond donors (Lipinski definition) is 3. The molecule has 132 heavy (non-hydrogen) atoms. The zero-order chi connectivity index (χ0) is 102. The number of halogens is 2. The lowest BCUT2D eigenvalue weighted by Gasteiger charge is -2.21. The van der Waals surface area contributed by atoms with Crippen molar-refractivity contribution in [1.29, 1.82) is 0 Å². The zero-order valence-corrected chi connectivity index (χ0v) is 94.1. The second-order valence-corrected chi connectivity index (χ2v) is 45.6. The summed E-state index contributed by atoms with van der Waals surface area (Å²) < 4.78 is 82.6. The van der Waals surface area contributed by atoms with Crippen LogP contribution in [0.15, 0.2) is 82.3 Å². The van der Waals surface area contributed by atoms with Gasteiger partial charge < -0.3 is 86.4 Å². The highest BCUT2D eigenvalue weighted by Crippen LogP contribution is 2.40. The van der Waals surface area contributed by atoms with E-state index in [1.54, 1.807) is 7.11 Å². The Labute approximate surface area is 826 Å². The number of ether oxygens (including phenoxy) is 14. The van der Waals surface area contributed by atoms with Crippen LogP contribution in [0.2, 0.25) is 0 Å². The first-order valence-electron chi connectivity index (χ1n) is 50.6. The summed E-state index contributed by atoms with van der Waals surface area (Å²) in [5.74, 6) is 15.2. The minimum atomic E-state index is -0.880. The smallest absolute Gasteiger partial charge is 0.164 e. The van der Waals surface area contributed by atoms with Gasteiger partial charge in [-0.1, -0.05) is 298 Å². The van der Waals surface area contributed by atoms with E-state index in [1.165, 1.54) is 0 Å². The maximum atomic E-state index is 10.6. The first kappa shape index (κ1) is 129. The second kappa shape index (κ2) is 64.3.